The van der Waals surface area contributed by atoms with E-state index < -0.39 is 0 Å². The fourth-order valence-corrected chi connectivity index (χ4v) is 3.13. The second-order valence-corrected chi connectivity index (χ2v) is 6.51. The fourth-order valence-electron chi connectivity index (χ4n) is 2.75. The molecule has 0 spiro atoms. The van der Waals surface area contributed by atoms with E-state index in [1.807, 2.05) is 50.2 Å². The standard InChI is InChI=1S/C18H18BrNO2/c1-11-4-3-5-14(12(11)2)18(21)20-16-8-9-22-17-7-6-13(19)10-15(16)17/h3-7,10,16H,8-9H2,1-2H3,(H,20,21). The Hall–Kier alpha value is -1.81. The van der Waals surface area contributed by atoms with Crippen molar-refractivity contribution < 1.29 is 9.53 Å². The van der Waals surface area contributed by atoms with Crippen LogP contribution in [0.2, 0.25) is 0 Å². The van der Waals surface area contributed by atoms with Gasteiger partial charge in [-0.1, -0.05) is 28.1 Å². The van der Waals surface area contributed by atoms with Gasteiger partial charge in [0.25, 0.3) is 5.91 Å². The average Bonchev–Trinajstić information content (AvgIpc) is 2.50. The predicted octanol–water partition coefficient (Wildman–Crippen LogP) is 4.32. The fraction of sp³-hybridized carbons (Fsp3) is 0.278. The molecule has 1 atom stereocenters. The van der Waals surface area contributed by atoms with E-state index in [1.54, 1.807) is 0 Å². The first-order valence-corrected chi connectivity index (χ1v) is 8.15. The number of benzene rings is 2. The van der Waals surface area contributed by atoms with Crippen molar-refractivity contribution in [1.82, 2.24) is 5.32 Å². The molecule has 1 heterocycles. The number of rotatable bonds is 2. The second kappa shape index (κ2) is 6.13. The summed E-state index contributed by atoms with van der Waals surface area (Å²) in [5.74, 6) is 0.819. The zero-order chi connectivity index (χ0) is 15.7. The van der Waals surface area contributed by atoms with Gasteiger partial charge >= 0.3 is 0 Å². The van der Waals surface area contributed by atoms with Crippen molar-refractivity contribution in [3.05, 3.63) is 63.1 Å². The highest BCUT2D eigenvalue weighted by molar-refractivity contribution is 9.10. The van der Waals surface area contributed by atoms with Crippen molar-refractivity contribution >= 4 is 21.8 Å². The summed E-state index contributed by atoms with van der Waals surface area (Å²) in [6.45, 7) is 4.62. The summed E-state index contributed by atoms with van der Waals surface area (Å²) < 4.78 is 6.66. The van der Waals surface area contributed by atoms with Gasteiger partial charge in [0.15, 0.2) is 0 Å². The molecule has 2 aromatic carbocycles. The van der Waals surface area contributed by atoms with Gasteiger partial charge in [-0.2, -0.15) is 0 Å². The Morgan fingerprint density at radius 1 is 1.27 bits per heavy atom. The largest absolute Gasteiger partial charge is 0.493 e. The van der Waals surface area contributed by atoms with E-state index in [0.29, 0.717) is 6.61 Å². The first-order chi connectivity index (χ1) is 10.6. The average molecular weight is 360 g/mol. The van der Waals surface area contributed by atoms with Crippen LogP contribution in [0.25, 0.3) is 0 Å². The number of nitrogens with one attached hydrogen (secondary N) is 1. The van der Waals surface area contributed by atoms with Gasteiger partial charge < -0.3 is 10.1 Å². The summed E-state index contributed by atoms with van der Waals surface area (Å²) in [6, 6.07) is 11.7. The minimum Gasteiger partial charge on any atom is -0.493 e. The minimum absolute atomic E-state index is 0.0198. The van der Waals surface area contributed by atoms with Gasteiger partial charge in [-0.15, -0.1) is 0 Å². The van der Waals surface area contributed by atoms with Gasteiger partial charge in [0.2, 0.25) is 0 Å². The van der Waals surface area contributed by atoms with Crippen LogP contribution in [0.5, 0.6) is 5.75 Å². The van der Waals surface area contributed by atoms with E-state index in [1.165, 1.54) is 0 Å². The van der Waals surface area contributed by atoms with Crippen LogP contribution < -0.4 is 10.1 Å². The summed E-state index contributed by atoms with van der Waals surface area (Å²) >= 11 is 3.48. The number of amides is 1. The van der Waals surface area contributed by atoms with Crippen LogP contribution in [-0.2, 0) is 0 Å². The summed E-state index contributed by atoms with van der Waals surface area (Å²) in [5.41, 5.74) is 3.92. The Labute approximate surface area is 138 Å². The molecule has 4 heteroatoms. The molecule has 1 amide bonds. The lowest BCUT2D eigenvalue weighted by atomic mass is 9.98. The van der Waals surface area contributed by atoms with Gasteiger partial charge in [-0.05, 0) is 49.2 Å². The maximum absolute atomic E-state index is 12.6. The molecule has 1 unspecified atom stereocenters. The molecule has 3 nitrogen and oxygen atoms in total. The van der Waals surface area contributed by atoms with Gasteiger partial charge in [0, 0.05) is 22.0 Å². The molecule has 0 aromatic heterocycles. The number of hydrogen-bond donors (Lipinski definition) is 1. The van der Waals surface area contributed by atoms with Gasteiger partial charge in [0.05, 0.1) is 12.6 Å². The maximum atomic E-state index is 12.6. The molecule has 0 saturated heterocycles. The van der Waals surface area contributed by atoms with E-state index in [2.05, 4.69) is 21.2 Å². The summed E-state index contributed by atoms with van der Waals surface area (Å²) in [7, 11) is 0. The van der Waals surface area contributed by atoms with Crippen LogP contribution in [0.1, 0.15) is 39.5 Å². The van der Waals surface area contributed by atoms with Crippen molar-refractivity contribution in [3.63, 3.8) is 0 Å². The molecule has 22 heavy (non-hydrogen) atoms. The Morgan fingerprint density at radius 2 is 2.09 bits per heavy atom. The Balaban J connectivity index is 1.87. The number of aryl methyl sites for hydroxylation is 1. The molecular weight excluding hydrogens is 342 g/mol. The summed E-state index contributed by atoms with van der Waals surface area (Å²) in [6.07, 6.45) is 0.778. The van der Waals surface area contributed by atoms with Crippen molar-refractivity contribution in [1.29, 1.82) is 0 Å². The molecule has 0 fully saturated rings. The molecule has 1 aliphatic rings. The van der Waals surface area contributed by atoms with Gasteiger partial charge in [-0.3, -0.25) is 4.79 Å². The van der Waals surface area contributed by atoms with Gasteiger partial charge in [-0.25, -0.2) is 0 Å². The number of carbonyl (C=O) groups excluding carboxylic acids is 1. The number of ether oxygens (including phenoxy) is 1. The molecule has 0 bridgehead atoms. The Kier molecular flexibility index (Phi) is 4.21. The highest BCUT2D eigenvalue weighted by Gasteiger charge is 2.24. The molecule has 3 rings (SSSR count). The molecule has 114 valence electrons. The Bertz CT molecular complexity index is 727. The molecule has 1 aliphatic heterocycles. The third-order valence-electron chi connectivity index (χ3n) is 4.17. The second-order valence-electron chi connectivity index (χ2n) is 5.59. The smallest absolute Gasteiger partial charge is 0.252 e. The molecule has 0 radical (unpaired) electrons. The molecule has 0 aliphatic carbocycles. The van der Waals surface area contributed by atoms with Crippen molar-refractivity contribution in [2.45, 2.75) is 26.3 Å². The van der Waals surface area contributed by atoms with Gasteiger partial charge in [0.1, 0.15) is 5.75 Å². The third-order valence-corrected chi connectivity index (χ3v) is 4.66. The number of hydrogen-bond acceptors (Lipinski definition) is 2. The van der Waals surface area contributed by atoms with Crippen molar-refractivity contribution in [3.8, 4) is 5.75 Å². The van der Waals surface area contributed by atoms with E-state index >= 15 is 0 Å². The van der Waals surface area contributed by atoms with Crippen molar-refractivity contribution in [2.75, 3.05) is 6.61 Å². The van der Waals surface area contributed by atoms with E-state index in [0.717, 1.165) is 38.9 Å². The van der Waals surface area contributed by atoms with Crippen LogP contribution in [-0.4, -0.2) is 12.5 Å². The van der Waals surface area contributed by atoms with Crippen LogP contribution in [0.15, 0.2) is 40.9 Å². The lowest BCUT2D eigenvalue weighted by molar-refractivity contribution is 0.0924. The number of halogens is 1. The monoisotopic (exact) mass is 359 g/mol. The van der Waals surface area contributed by atoms with Crippen LogP contribution >= 0.6 is 15.9 Å². The van der Waals surface area contributed by atoms with Crippen LogP contribution in [0.3, 0.4) is 0 Å². The first kappa shape index (κ1) is 15.1. The molecule has 2 aromatic rings. The normalized spacial score (nSPS) is 16.6. The van der Waals surface area contributed by atoms with E-state index in [9.17, 15) is 4.79 Å². The highest BCUT2D eigenvalue weighted by Crippen LogP contribution is 2.34. The summed E-state index contributed by atoms with van der Waals surface area (Å²) in [4.78, 5) is 12.6. The number of fused-ring (bicyclic) bond motifs is 1. The quantitative estimate of drug-likeness (QED) is 0.866. The number of carbonyl (C=O) groups is 1. The van der Waals surface area contributed by atoms with Crippen molar-refractivity contribution in [2.24, 2.45) is 0 Å². The van der Waals surface area contributed by atoms with Crippen LogP contribution in [0.4, 0.5) is 0 Å². The lowest BCUT2D eigenvalue weighted by Crippen LogP contribution is -2.32. The lowest BCUT2D eigenvalue weighted by Gasteiger charge is -2.27. The zero-order valence-corrected chi connectivity index (χ0v) is 14.2. The maximum Gasteiger partial charge on any atom is 0.252 e. The molecule has 1 N–H and O–H groups in total. The topological polar surface area (TPSA) is 38.3 Å². The SMILES string of the molecule is Cc1cccc(C(=O)NC2CCOc3ccc(Br)cc32)c1C. The third kappa shape index (κ3) is 2.88. The Morgan fingerprint density at radius 3 is 2.91 bits per heavy atom. The molecule has 0 saturated carbocycles. The zero-order valence-electron chi connectivity index (χ0n) is 12.7. The summed E-state index contributed by atoms with van der Waals surface area (Å²) in [5, 5.41) is 3.15. The van der Waals surface area contributed by atoms with E-state index in [-0.39, 0.29) is 11.9 Å². The molecular formula is C18H18BrNO2. The predicted molar refractivity (Wildman–Crippen MR) is 90.4 cm³/mol. The highest BCUT2D eigenvalue weighted by atomic mass is 79.9. The van der Waals surface area contributed by atoms with E-state index in [4.69, 9.17) is 4.74 Å². The van der Waals surface area contributed by atoms with Crippen LogP contribution in [0, 0.1) is 13.8 Å². The first-order valence-electron chi connectivity index (χ1n) is 7.35. The minimum atomic E-state index is -0.0287.